The average molecular weight is 762 g/mol. The molecule has 0 aromatic rings. The van der Waals surface area contributed by atoms with Crippen LogP contribution in [0.1, 0.15) is 200 Å². The number of carbonyl (C=O) groups excluding carboxylic acids is 1. The topological polar surface area (TPSA) is 69.6 Å². The van der Waals surface area contributed by atoms with Gasteiger partial charge in [-0.25, -0.2) is 0 Å². The van der Waals surface area contributed by atoms with E-state index in [1.54, 1.807) is 6.08 Å². The van der Waals surface area contributed by atoms with E-state index < -0.39 is 12.1 Å². The summed E-state index contributed by atoms with van der Waals surface area (Å²) < 4.78 is 0. The molecule has 0 bridgehead atoms. The molecule has 2 unspecified atom stereocenters. The van der Waals surface area contributed by atoms with Crippen molar-refractivity contribution in [1.29, 1.82) is 0 Å². The van der Waals surface area contributed by atoms with Crippen molar-refractivity contribution in [3.05, 3.63) is 97.2 Å². The predicted octanol–water partition coefficient (Wildman–Crippen LogP) is 14.6. The lowest BCUT2D eigenvalue weighted by molar-refractivity contribution is -0.123. The van der Waals surface area contributed by atoms with Crippen LogP contribution in [-0.4, -0.2) is 34.9 Å². The first-order valence-corrected chi connectivity index (χ1v) is 23.0. The van der Waals surface area contributed by atoms with Crippen LogP contribution in [0.2, 0.25) is 0 Å². The molecule has 0 aliphatic rings. The summed E-state index contributed by atoms with van der Waals surface area (Å²) in [5, 5.41) is 23.0. The SMILES string of the molecule is CC/C=C\C/C=C\C/C=C\C/C=C\C/C=C\C/C=C\C/C=C\CCCCCCCC(=O)NC(CO)C(O)/C=C/CCCCCCCCCCCCCCCC. The van der Waals surface area contributed by atoms with E-state index in [-0.39, 0.29) is 12.5 Å². The minimum absolute atomic E-state index is 0.0872. The second-order valence-electron chi connectivity index (χ2n) is 15.1. The summed E-state index contributed by atoms with van der Waals surface area (Å²) in [6.45, 7) is 4.18. The number of nitrogens with one attached hydrogen (secondary N) is 1. The number of unbranched alkanes of at least 4 members (excludes halogenated alkanes) is 19. The molecule has 0 heterocycles. The highest BCUT2D eigenvalue weighted by Crippen LogP contribution is 2.14. The fourth-order valence-electron chi connectivity index (χ4n) is 6.33. The molecule has 55 heavy (non-hydrogen) atoms. The molecule has 3 N–H and O–H groups in total. The van der Waals surface area contributed by atoms with Gasteiger partial charge in [0.1, 0.15) is 0 Å². The van der Waals surface area contributed by atoms with Crippen LogP contribution in [-0.2, 0) is 4.79 Å². The molecule has 0 aromatic heterocycles. The number of allylic oxidation sites excluding steroid dienone is 15. The van der Waals surface area contributed by atoms with E-state index >= 15 is 0 Å². The van der Waals surface area contributed by atoms with Crippen molar-refractivity contribution in [3.8, 4) is 0 Å². The average Bonchev–Trinajstić information content (AvgIpc) is 3.19. The molecule has 0 saturated heterocycles. The first-order chi connectivity index (χ1) is 27.2. The van der Waals surface area contributed by atoms with Gasteiger partial charge in [-0.15, -0.1) is 0 Å². The molecule has 0 saturated carbocycles. The highest BCUT2D eigenvalue weighted by Gasteiger charge is 2.17. The van der Waals surface area contributed by atoms with Gasteiger partial charge in [0.25, 0.3) is 0 Å². The third-order valence-electron chi connectivity index (χ3n) is 9.82. The van der Waals surface area contributed by atoms with Gasteiger partial charge in [0.2, 0.25) is 5.91 Å². The van der Waals surface area contributed by atoms with Crippen LogP contribution >= 0.6 is 0 Å². The number of carbonyl (C=O) groups is 1. The number of rotatable bonds is 40. The maximum absolute atomic E-state index is 12.4. The van der Waals surface area contributed by atoms with Crippen LogP contribution in [0.15, 0.2) is 97.2 Å². The quantitative estimate of drug-likeness (QED) is 0.0430. The molecule has 2 atom stereocenters. The van der Waals surface area contributed by atoms with Crippen molar-refractivity contribution in [2.45, 2.75) is 212 Å². The zero-order valence-electron chi connectivity index (χ0n) is 35.9. The Labute approximate surface area is 341 Å². The normalized spacial score (nSPS) is 13.9. The van der Waals surface area contributed by atoms with Gasteiger partial charge in [0.15, 0.2) is 0 Å². The van der Waals surface area contributed by atoms with Gasteiger partial charge in [-0.1, -0.05) is 214 Å². The van der Waals surface area contributed by atoms with Crippen LogP contribution in [0.5, 0.6) is 0 Å². The molecule has 314 valence electrons. The fourth-order valence-corrected chi connectivity index (χ4v) is 6.33. The van der Waals surface area contributed by atoms with Gasteiger partial charge in [-0.2, -0.15) is 0 Å². The summed E-state index contributed by atoms with van der Waals surface area (Å²) in [5.74, 6) is -0.0872. The number of hydrogen-bond donors (Lipinski definition) is 3. The van der Waals surface area contributed by atoms with Gasteiger partial charge < -0.3 is 15.5 Å². The predicted molar refractivity (Wildman–Crippen MR) is 243 cm³/mol. The Balaban J connectivity index is 3.69. The van der Waals surface area contributed by atoms with Crippen LogP contribution in [0.3, 0.4) is 0 Å². The van der Waals surface area contributed by atoms with Gasteiger partial charge >= 0.3 is 0 Å². The third-order valence-corrected chi connectivity index (χ3v) is 9.82. The second kappa shape index (κ2) is 45.7. The Morgan fingerprint density at radius 1 is 0.455 bits per heavy atom. The highest BCUT2D eigenvalue weighted by molar-refractivity contribution is 5.76. The van der Waals surface area contributed by atoms with Crippen LogP contribution in [0.4, 0.5) is 0 Å². The first kappa shape index (κ1) is 52.3. The maximum atomic E-state index is 12.4. The Morgan fingerprint density at radius 2 is 0.800 bits per heavy atom. The molecule has 4 nitrogen and oxygen atoms in total. The molecule has 0 rings (SSSR count). The standard InChI is InChI=1S/C51H87NO3/c1-3-5-7-9-11-13-15-17-19-21-22-23-24-25-26-27-28-29-30-31-33-35-37-39-41-43-45-47-51(55)52-49(48-53)50(54)46-44-42-40-38-36-34-32-20-18-16-14-12-10-8-6-4-2/h5,7,11,13,17,19,22-23,25-26,28-29,31,33,44,46,49-50,53-54H,3-4,6,8-10,12,14-16,18,20-21,24,27,30,32,34-43,45,47-48H2,1-2H3,(H,52,55)/b7-5-,13-11-,19-17-,23-22-,26-25-,29-28-,33-31-,46-44+. The van der Waals surface area contributed by atoms with Crippen LogP contribution < -0.4 is 5.32 Å². The monoisotopic (exact) mass is 762 g/mol. The first-order valence-electron chi connectivity index (χ1n) is 23.0. The number of aliphatic hydroxyl groups is 2. The molecule has 0 fully saturated rings. The summed E-state index contributed by atoms with van der Waals surface area (Å²) in [5.41, 5.74) is 0. The van der Waals surface area contributed by atoms with E-state index in [4.69, 9.17) is 0 Å². The highest BCUT2D eigenvalue weighted by atomic mass is 16.3. The molecular formula is C51H87NO3. The zero-order valence-corrected chi connectivity index (χ0v) is 35.9. The van der Waals surface area contributed by atoms with Crippen molar-refractivity contribution in [2.75, 3.05) is 6.61 Å². The Morgan fingerprint density at radius 3 is 1.20 bits per heavy atom. The minimum atomic E-state index is -0.854. The van der Waals surface area contributed by atoms with E-state index in [1.165, 1.54) is 96.3 Å². The van der Waals surface area contributed by atoms with Gasteiger partial charge in [0.05, 0.1) is 18.8 Å². The van der Waals surface area contributed by atoms with E-state index in [2.05, 4.69) is 104 Å². The number of aliphatic hydroxyl groups excluding tert-OH is 2. The van der Waals surface area contributed by atoms with Gasteiger partial charge in [0, 0.05) is 6.42 Å². The van der Waals surface area contributed by atoms with Gasteiger partial charge in [-0.3, -0.25) is 4.79 Å². The lowest BCUT2D eigenvalue weighted by Gasteiger charge is -2.20. The molecular weight excluding hydrogens is 675 g/mol. The summed E-state index contributed by atoms with van der Waals surface area (Å²) in [6.07, 6.45) is 68.0. The van der Waals surface area contributed by atoms with Crippen LogP contribution in [0, 0.1) is 0 Å². The molecule has 0 aliphatic carbocycles. The largest absolute Gasteiger partial charge is 0.394 e. The molecule has 0 aromatic carbocycles. The molecule has 0 aliphatic heterocycles. The Kier molecular flexibility index (Phi) is 43.5. The van der Waals surface area contributed by atoms with Crippen molar-refractivity contribution >= 4 is 5.91 Å². The van der Waals surface area contributed by atoms with Crippen molar-refractivity contribution in [2.24, 2.45) is 0 Å². The fraction of sp³-hybridized carbons (Fsp3) is 0.667. The summed E-state index contributed by atoms with van der Waals surface area (Å²) in [6, 6.07) is -0.639. The third kappa shape index (κ3) is 42.3. The molecule has 0 spiro atoms. The van der Waals surface area contributed by atoms with Crippen molar-refractivity contribution in [3.63, 3.8) is 0 Å². The van der Waals surface area contributed by atoms with E-state index in [0.29, 0.717) is 6.42 Å². The zero-order chi connectivity index (χ0) is 40.0. The summed E-state index contributed by atoms with van der Waals surface area (Å²) >= 11 is 0. The lowest BCUT2D eigenvalue weighted by atomic mass is 10.0. The lowest BCUT2D eigenvalue weighted by Crippen LogP contribution is -2.45. The second-order valence-corrected chi connectivity index (χ2v) is 15.1. The number of hydrogen-bond acceptors (Lipinski definition) is 3. The summed E-state index contributed by atoms with van der Waals surface area (Å²) in [4.78, 5) is 12.4. The smallest absolute Gasteiger partial charge is 0.220 e. The number of amides is 1. The molecule has 4 heteroatoms. The van der Waals surface area contributed by atoms with E-state index in [1.807, 2.05) is 6.08 Å². The Hall–Kier alpha value is -2.69. The van der Waals surface area contributed by atoms with Crippen LogP contribution in [0.25, 0.3) is 0 Å². The van der Waals surface area contributed by atoms with Crippen molar-refractivity contribution < 1.29 is 15.0 Å². The van der Waals surface area contributed by atoms with E-state index in [0.717, 1.165) is 83.5 Å². The summed E-state index contributed by atoms with van der Waals surface area (Å²) in [7, 11) is 0. The van der Waals surface area contributed by atoms with Crippen molar-refractivity contribution in [1.82, 2.24) is 5.32 Å². The van der Waals surface area contributed by atoms with Gasteiger partial charge in [-0.05, 0) is 77.0 Å². The molecule has 0 radical (unpaired) electrons. The minimum Gasteiger partial charge on any atom is -0.394 e. The molecule has 1 amide bonds. The Bertz CT molecular complexity index is 1050. The van der Waals surface area contributed by atoms with E-state index in [9.17, 15) is 15.0 Å². The maximum Gasteiger partial charge on any atom is 0.220 e.